The number of methoxy groups -OCH3 is 2. The number of esters is 1. The van der Waals surface area contributed by atoms with Gasteiger partial charge in [0.25, 0.3) is 11.5 Å². The number of nitrogens with zero attached hydrogens (tertiary/aromatic N) is 2. The van der Waals surface area contributed by atoms with Gasteiger partial charge in [-0.2, -0.15) is 0 Å². The number of nitrogen functional groups attached to an aromatic ring is 2. The Labute approximate surface area is 209 Å². The Balaban J connectivity index is 0.000000338. The first-order valence-electron chi connectivity index (χ1n) is 10.9. The topological polar surface area (TPSA) is 169 Å². The summed E-state index contributed by atoms with van der Waals surface area (Å²) in [7, 11) is 2.89. The second-order valence-corrected chi connectivity index (χ2v) is 7.86. The molecule has 0 fully saturated rings. The van der Waals surface area contributed by atoms with Crippen LogP contribution in [-0.4, -0.2) is 55.1 Å². The van der Waals surface area contributed by atoms with Crippen molar-refractivity contribution in [2.24, 2.45) is 5.92 Å². The second-order valence-electron chi connectivity index (χ2n) is 7.86. The van der Waals surface area contributed by atoms with E-state index in [0.29, 0.717) is 41.0 Å². The molecule has 0 radical (unpaired) electrons. The van der Waals surface area contributed by atoms with Crippen LogP contribution in [0.15, 0.2) is 53.6 Å². The molecule has 3 aromatic rings. The van der Waals surface area contributed by atoms with Crippen LogP contribution in [0.1, 0.15) is 24.2 Å². The molecular formula is C25H33N5O6. The van der Waals surface area contributed by atoms with E-state index in [1.807, 2.05) is 20.6 Å². The van der Waals surface area contributed by atoms with Gasteiger partial charge in [0.1, 0.15) is 12.8 Å². The molecule has 11 nitrogen and oxygen atoms in total. The van der Waals surface area contributed by atoms with Crippen molar-refractivity contribution in [2.75, 3.05) is 32.3 Å². The van der Waals surface area contributed by atoms with Crippen LogP contribution in [0.5, 0.6) is 0 Å². The van der Waals surface area contributed by atoms with Crippen molar-refractivity contribution in [3.05, 3.63) is 64.7 Å². The Kier molecular flexibility index (Phi) is 12.3. The maximum absolute atomic E-state index is 12.0. The first kappa shape index (κ1) is 29.8. The van der Waals surface area contributed by atoms with Crippen LogP contribution in [0.3, 0.4) is 0 Å². The van der Waals surface area contributed by atoms with Crippen molar-refractivity contribution >= 4 is 40.9 Å². The summed E-state index contributed by atoms with van der Waals surface area (Å²) in [5.74, 6) is -0.851. The van der Waals surface area contributed by atoms with E-state index >= 15 is 0 Å². The number of carbonyl (C=O) groups is 3. The van der Waals surface area contributed by atoms with Gasteiger partial charge < -0.3 is 31.1 Å². The van der Waals surface area contributed by atoms with Crippen molar-refractivity contribution in [1.82, 2.24) is 14.9 Å². The Morgan fingerprint density at radius 1 is 1.08 bits per heavy atom. The van der Waals surface area contributed by atoms with Gasteiger partial charge in [-0.05, 0) is 42.3 Å². The lowest BCUT2D eigenvalue weighted by molar-refractivity contribution is -0.144. The first-order chi connectivity index (χ1) is 17.2. The zero-order valence-electron chi connectivity index (χ0n) is 20.9. The van der Waals surface area contributed by atoms with E-state index < -0.39 is 12.0 Å². The Morgan fingerprint density at radius 2 is 1.75 bits per heavy atom. The van der Waals surface area contributed by atoms with Crippen molar-refractivity contribution in [1.29, 1.82) is 0 Å². The van der Waals surface area contributed by atoms with Gasteiger partial charge in [-0.1, -0.05) is 19.9 Å². The van der Waals surface area contributed by atoms with E-state index in [9.17, 15) is 14.4 Å². The SMILES string of the molecule is C=O.COC(=O)C(NC(=O)c1cccc(N)c1)C(C)C.COCCn1cnc2ccc(N)cc2c1=O. The van der Waals surface area contributed by atoms with Crippen molar-refractivity contribution in [3.8, 4) is 0 Å². The zero-order valence-corrected chi connectivity index (χ0v) is 20.9. The minimum atomic E-state index is -0.663. The largest absolute Gasteiger partial charge is 0.467 e. The highest BCUT2D eigenvalue weighted by Gasteiger charge is 2.25. The molecule has 0 saturated carbocycles. The third kappa shape index (κ3) is 8.51. The molecule has 0 aliphatic carbocycles. The molecule has 3 rings (SSSR count). The Hall–Kier alpha value is -4.25. The summed E-state index contributed by atoms with van der Waals surface area (Å²) in [6.07, 6.45) is 1.53. The van der Waals surface area contributed by atoms with Crippen LogP contribution in [0.4, 0.5) is 11.4 Å². The molecule has 2 aromatic carbocycles. The summed E-state index contributed by atoms with van der Waals surface area (Å²) in [4.78, 5) is 47.7. The van der Waals surface area contributed by atoms with Crippen LogP contribution in [0, 0.1) is 5.92 Å². The van der Waals surface area contributed by atoms with Crippen molar-refractivity contribution < 1.29 is 23.9 Å². The number of carbonyl (C=O) groups excluding carboxylic acids is 3. The van der Waals surface area contributed by atoms with Gasteiger partial charge in [0.2, 0.25) is 0 Å². The average Bonchev–Trinajstić information content (AvgIpc) is 2.88. The Morgan fingerprint density at radius 3 is 2.33 bits per heavy atom. The quantitative estimate of drug-likeness (QED) is 0.323. The van der Waals surface area contributed by atoms with Gasteiger partial charge in [0.15, 0.2) is 0 Å². The highest BCUT2D eigenvalue weighted by atomic mass is 16.5. The smallest absolute Gasteiger partial charge is 0.328 e. The predicted molar refractivity (Wildman–Crippen MR) is 138 cm³/mol. The lowest BCUT2D eigenvalue weighted by Crippen LogP contribution is -2.45. The fourth-order valence-electron chi connectivity index (χ4n) is 3.05. The number of hydrogen-bond acceptors (Lipinski definition) is 9. The predicted octanol–water partition coefficient (Wildman–Crippen LogP) is 1.64. The normalized spacial score (nSPS) is 10.9. The molecule has 36 heavy (non-hydrogen) atoms. The fraction of sp³-hybridized carbons (Fsp3) is 0.320. The zero-order chi connectivity index (χ0) is 27.3. The molecule has 0 aliphatic heterocycles. The van der Waals surface area contributed by atoms with Crippen LogP contribution >= 0.6 is 0 Å². The van der Waals surface area contributed by atoms with Crippen LogP contribution < -0.4 is 22.3 Å². The van der Waals surface area contributed by atoms with Gasteiger partial charge >= 0.3 is 5.97 Å². The number of hydrogen-bond donors (Lipinski definition) is 3. The number of benzene rings is 2. The lowest BCUT2D eigenvalue weighted by atomic mass is 10.0. The van der Waals surface area contributed by atoms with Gasteiger partial charge in [0.05, 0.1) is 37.5 Å². The monoisotopic (exact) mass is 499 g/mol. The van der Waals surface area contributed by atoms with E-state index in [-0.39, 0.29) is 17.4 Å². The molecule has 1 aromatic heterocycles. The third-order valence-electron chi connectivity index (χ3n) is 4.94. The highest BCUT2D eigenvalue weighted by Crippen LogP contribution is 2.11. The van der Waals surface area contributed by atoms with Crippen molar-refractivity contribution in [2.45, 2.75) is 26.4 Å². The molecular weight excluding hydrogens is 466 g/mol. The van der Waals surface area contributed by atoms with Crippen molar-refractivity contribution in [3.63, 3.8) is 0 Å². The molecule has 0 spiro atoms. The molecule has 11 heteroatoms. The molecule has 5 N–H and O–H groups in total. The van der Waals surface area contributed by atoms with Gasteiger partial charge in [-0.15, -0.1) is 0 Å². The number of nitrogens with two attached hydrogens (primary N) is 2. The van der Waals surface area contributed by atoms with Crippen LogP contribution in [0.25, 0.3) is 10.9 Å². The van der Waals surface area contributed by atoms with E-state index in [1.54, 1.807) is 49.6 Å². The van der Waals surface area contributed by atoms with Crippen LogP contribution in [0.2, 0.25) is 0 Å². The summed E-state index contributed by atoms with van der Waals surface area (Å²) in [6, 6.07) is 11.0. The second kappa shape index (κ2) is 14.9. The molecule has 0 aliphatic rings. The van der Waals surface area contributed by atoms with E-state index in [0.717, 1.165) is 0 Å². The molecule has 1 atom stereocenters. The maximum Gasteiger partial charge on any atom is 0.328 e. The fourth-order valence-corrected chi connectivity index (χ4v) is 3.05. The Bertz CT molecular complexity index is 1210. The minimum Gasteiger partial charge on any atom is -0.467 e. The van der Waals surface area contributed by atoms with E-state index in [4.69, 9.17) is 21.0 Å². The maximum atomic E-state index is 12.0. The summed E-state index contributed by atoms with van der Waals surface area (Å²) in [6.45, 7) is 6.64. The summed E-state index contributed by atoms with van der Waals surface area (Å²) >= 11 is 0. The van der Waals surface area contributed by atoms with E-state index in [2.05, 4.69) is 15.0 Å². The number of aromatic nitrogens is 2. The molecule has 1 amide bonds. The standard InChI is InChI=1S/C13H18N2O3.C11H13N3O2.CH2O/c1-8(2)11(13(17)18-3)15-12(16)9-5-4-6-10(14)7-9;1-16-5-4-14-7-13-10-3-2-8(12)6-9(10)11(14)15;1-2/h4-8,11H,14H2,1-3H3,(H,15,16);2-3,6-7H,4-5,12H2,1H3;1H2. The number of anilines is 2. The van der Waals surface area contributed by atoms with Gasteiger partial charge in [-0.3, -0.25) is 14.2 Å². The summed E-state index contributed by atoms with van der Waals surface area (Å²) < 4.78 is 11.1. The number of rotatable bonds is 7. The van der Waals surface area contributed by atoms with Gasteiger partial charge in [-0.25, -0.2) is 9.78 Å². The number of nitrogens with one attached hydrogen (secondary N) is 1. The summed E-state index contributed by atoms with van der Waals surface area (Å²) in [5, 5.41) is 3.18. The van der Waals surface area contributed by atoms with Gasteiger partial charge in [0, 0.05) is 24.0 Å². The number of amides is 1. The van der Waals surface area contributed by atoms with E-state index in [1.165, 1.54) is 18.0 Å². The third-order valence-corrected chi connectivity index (χ3v) is 4.94. The lowest BCUT2D eigenvalue weighted by Gasteiger charge is -2.19. The molecule has 1 heterocycles. The number of ether oxygens (including phenoxy) is 2. The highest BCUT2D eigenvalue weighted by molar-refractivity contribution is 5.97. The van der Waals surface area contributed by atoms with Crippen LogP contribution in [-0.2, 0) is 25.6 Å². The molecule has 0 saturated heterocycles. The minimum absolute atomic E-state index is 0.0533. The number of fused-ring (bicyclic) bond motifs is 1. The molecule has 1 unspecified atom stereocenters. The average molecular weight is 500 g/mol. The molecule has 194 valence electrons. The first-order valence-corrected chi connectivity index (χ1v) is 10.9. The summed E-state index contributed by atoms with van der Waals surface area (Å²) in [5.41, 5.74) is 13.3. The molecule has 0 bridgehead atoms.